The Balaban J connectivity index is 1.78. The molecule has 1 fully saturated rings. The standard InChI is InChI=1S/C8H11IN2O2/c9-8-10-7(13-11-8)4-3-6-2-1-5-12-6/h6H,1-5H2. The van der Waals surface area contributed by atoms with Crippen molar-refractivity contribution in [3.63, 3.8) is 0 Å². The highest BCUT2D eigenvalue weighted by molar-refractivity contribution is 14.1. The molecule has 13 heavy (non-hydrogen) atoms. The third-order valence-corrected chi connectivity index (χ3v) is 2.59. The lowest BCUT2D eigenvalue weighted by Crippen LogP contribution is -2.06. The minimum atomic E-state index is 0.407. The van der Waals surface area contributed by atoms with E-state index in [0.29, 0.717) is 9.94 Å². The Bertz CT molecular complexity index is 271. The maximum Gasteiger partial charge on any atom is 0.232 e. The van der Waals surface area contributed by atoms with Crippen LogP contribution in [0.25, 0.3) is 0 Å². The van der Waals surface area contributed by atoms with Crippen LogP contribution in [-0.2, 0) is 11.2 Å². The summed E-state index contributed by atoms with van der Waals surface area (Å²) in [6.45, 7) is 0.909. The minimum Gasteiger partial charge on any atom is -0.378 e. The van der Waals surface area contributed by atoms with E-state index in [-0.39, 0.29) is 0 Å². The monoisotopic (exact) mass is 294 g/mol. The van der Waals surface area contributed by atoms with Gasteiger partial charge in [0.1, 0.15) is 0 Å². The van der Waals surface area contributed by atoms with Gasteiger partial charge in [-0.1, -0.05) is 5.16 Å². The lowest BCUT2D eigenvalue weighted by Gasteiger charge is -2.05. The second-order valence-corrected chi connectivity index (χ2v) is 4.10. The Kier molecular flexibility index (Phi) is 3.15. The topological polar surface area (TPSA) is 48.2 Å². The molecule has 1 aliphatic heterocycles. The fourth-order valence-electron chi connectivity index (χ4n) is 1.49. The van der Waals surface area contributed by atoms with Crippen LogP contribution in [0.5, 0.6) is 0 Å². The number of nitrogens with zero attached hydrogens (tertiary/aromatic N) is 2. The van der Waals surface area contributed by atoms with Gasteiger partial charge in [-0.3, -0.25) is 0 Å². The molecule has 1 unspecified atom stereocenters. The van der Waals surface area contributed by atoms with E-state index in [1.54, 1.807) is 0 Å². The van der Waals surface area contributed by atoms with E-state index in [2.05, 4.69) is 10.1 Å². The van der Waals surface area contributed by atoms with E-state index in [0.717, 1.165) is 25.3 Å². The summed E-state index contributed by atoms with van der Waals surface area (Å²) in [5, 5.41) is 3.72. The lowest BCUT2D eigenvalue weighted by atomic mass is 10.1. The Labute approximate surface area is 90.2 Å². The highest BCUT2D eigenvalue weighted by atomic mass is 127. The Morgan fingerprint density at radius 2 is 2.46 bits per heavy atom. The zero-order valence-corrected chi connectivity index (χ0v) is 9.36. The molecule has 0 saturated carbocycles. The van der Waals surface area contributed by atoms with Crippen LogP contribution in [0.2, 0.25) is 0 Å². The van der Waals surface area contributed by atoms with E-state index in [4.69, 9.17) is 9.26 Å². The molecule has 1 aromatic rings. The highest BCUT2D eigenvalue weighted by Crippen LogP contribution is 2.17. The van der Waals surface area contributed by atoms with Gasteiger partial charge in [-0.15, -0.1) is 0 Å². The first kappa shape index (κ1) is 9.39. The quantitative estimate of drug-likeness (QED) is 0.797. The van der Waals surface area contributed by atoms with Gasteiger partial charge in [0.25, 0.3) is 0 Å². The van der Waals surface area contributed by atoms with E-state index in [9.17, 15) is 0 Å². The first-order chi connectivity index (χ1) is 6.34. The van der Waals surface area contributed by atoms with E-state index in [1.165, 1.54) is 12.8 Å². The number of hydrogen-bond acceptors (Lipinski definition) is 4. The summed E-state index contributed by atoms with van der Waals surface area (Å²) < 4.78 is 11.2. The van der Waals surface area contributed by atoms with Gasteiger partial charge in [-0.25, -0.2) is 0 Å². The normalized spacial score (nSPS) is 22.4. The summed E-state index contributed by atoms with van der Waals surface area (Å²) in [4.78, 5) is 4.12. The predicted molar refractivity (Wildman–Crippen MR) is 54.3 cm³/mol. The molecule has 4 nitrogen and oxygen atoms in total. The number of rotatable bonds is 3. The Hall–Kier alpha value is -0.170. The predicted octanol–water partition coefficient (Wildman–Crippen LogP) is 1.79. The second-order valence-electron chi connectivity index (χ2n) is 3.13. The van der Waals surface area contributed by atoms with E-state index in [1.807, 2.05) is 22.6 Å². The molecule has 0 aromatic carbocycles. The Morgan fingerprint density at radius 3 is 3.08 bits per heavy atom. The van der Waals surface area contributed by atoms with Crippen LogP contribution >= 0.6 is 22.6 Å². The van der Waals surface area contributed by atoms with Crippen molar-refractivity contribution >= 4 is 22.6 Å². The van der Waals surface area contributed by atoms with E-state index < -0.39 is 0 Å². The lowest BCUT2D eigenvalue weighted by molar-refractivity contribution is 0.102. The summed E-state index contributed by atoms with van der Waals surface area (Å²) >= 11 is 2.04. The molecule has 2 heterocycles. The van der Waals surface area contributed by atoms with Crippen molar-refractivity contribution in [2.75, 3.05) is 6.61 Å². The molecule has 1 aromatic heterocycles. The zero-order chi connectivity index (χ0) is 9.10. The van der Waals surface area contributed by atoms with Crippen LogP contribution in [-0.4, -0.2) is 22.9 Å². The number of halogens is 1. The fraction of sp³-hybridized carbons (Fsp3) is 0.750. The average molecular weight is 294 g/mol. The minimum absolute atomic E-state index is 0.407. The third kappa shape index (κ3) is 2.63. The van der Waals surface area contributed by atoms with Gasteiger partial charge >= 0.3 is 0 Å². The molecule has 0 radical (unpaired) electrons. The molecule has 72 valence electrons. The third-order valence-electron chi connectivity index (χ3n) is 2.15. The first-order valence-corrected chi connectivity index (χ1v) is 5.52. The van der Waals surface area contributed by atoms with Crippen molar-refractivity contribution in [2.24, 2.45) is 0 Å². The smallest absolute Gasteiger partial charge is 0.232 e. The molecule has 0 amide bonds. The largest absolute Gasteiger partial charge is 0.378 e. The summed E-state index contributed by atoms with van der Waals surface area (Å²) in [6.07, 6.45) is 4.60. The van der Waals surface area contributed by atoms with Crippen LogP contribution in [0.1, 0.15) is 25.2 Å². The molecule has 1 atom stereocenters. The molecular weight excluding hydrogens is 283 g/mol. The van der Waals surface area contributed by atoms with Crippen molar-refractivity contribution in [1.82, 2.24) is 10.1 Å². The molecule has 0 N–H and O–H groups in total. The molecule has 1 aliphatic rings. The van der Waals surface area contributed by atoms with Gasteiger partial charge in [0.05, 0.1) is 6.10 Å². The second kappa shape index (κ2) is 4.36. The SMILES string of the molecule is Ic1noc(CCC2CCCO2)n1. The first-order valence-electron chi connectivity index (χ1n) is 4.44. The van der Waals surface area contributed by atoms with Gasteiger partial charge in [0, 0.05) is 35.6 Å². The highest BCUT2D eigenvalue weighted by Gasteiger charge is 2.16. The van der Waals surface area contributed by atoms with Gasteiger partial charge in [0.2, 0.25) is 9.72 Å². The molecule has 0 spiro atoms. The molecular formula is C8H11IN2O2. The van der Waals surface area contributed by atoms with Gasteiger partial charge in [0.15, 0.2) is 0 Å². The molecule has 2 rings (SSSR count). The van der Waals surface area contributed by atoms with Crippen molar-refractivity contribution in [1.29, 1.82) is 0 Å². The number of hydrogen-bond donors (Lipinski definition) is 0. The van der Waals surface area contributed by atoms with Gasteiger partial charge in [-0.05, 0) is 19.3 Å². The van der Waals surface area contributed by atoms with Crippen LogP contribution in [0.4, 0.5) is 0 Å². The van der Waals surface area contributed by atoms with Gasteiger partial charge in [-0.2, -0.15) is 4.98 Å². The zero-order valence-electron chi connectivity index (χ0n) is 7.20. The van der Waals surface area contributed by atoms with Crippen LogP contribution in [0.3, 0.4) is 0 Å². The van der Waals surface area contributed by atoms with Gasteiger partial charge < -0.3 is 9.26 Å². The summed E-state index contributed by atoms with van der Waals surface area (Å²) in [5.74, 6) is 0.722. The van der Waals surface area contributed by atoms with Crippen molar-refractivity contribution in [3.05, 3.63) is 9.72 Å². The number of aromatic nitrogens is 2. The van der Waals surface area contributed by atoms with Crippen LogP contribution in [0, 0.1) is 3.83 Å². The van der Waals surface area contributed by atoms with Crippen LogP contribution < -0.4 is 0 Å². The van der Waals surface area contributed by atoms with Crippen LogP contribution in [0.15, 0.2) is 4.52 Å². The molecule has 0 aliphatic carbocycles. The van der Waals surface area contributed by atoms with E-state index >= 15 is 0 Å². The maximum atomic E-state index is 5.49. The Morgan fingerprint density at radius 1 is 1.54 bits per heavy atom. The van der Waals surface area contributed by atoms with Crippen molar-refractivity contribution in [3.8, 4) is 0 Å². The van der Waals surface area contributed by atoms with Crippen molar-refractivity contribution < 1.29 is 9.26 Å². The molecule has 1 saturated heterocycles. The summed E-state index contributed by atoms with van der Waals surface area (Å²) in [6, 6.07) is 0. The molecule has 5 heteroatoms. The average Bonchev–Trinajstić information content (AvgIpc) is 2.71. The summed E-state index contributed by atoms with van der Waals surface area (Å²) in [5.41, 5.74) is 0. The maximum absolute atomic E-state index is 5.49. The number of ether oxygens (including phenoxy) is 1. The summed E-state index contributed by atoms with van der Waals surface area (Å²) in [7, 11) is 0. The fourth-order valence-corrected chi connectivity index (χ4v) is 1.86. The van der Waals surface area contributed by atoms with Crippen molar-refractivity contribution in [2.45, 2.75) is 31.8 Å². The number of aryl methyl sites for hydroxylation is 1. The molecule has 0 bridgehead atoms.